The van der Waals surface area contributed by atoms with Gasteiger partial charge in [-0.1, -0.05) is 18.5 Å². The second-order valence-corrected chi connectivity index (χ2v) is 11.3. The maximum absolute atomic E-state index is 13.3. The zero-order chi connectivity index (χ0) is 27.9. The summed E-state index contributed by atoms with van der Waals surface area (Å²) in [5, 5.41) is 5.69. The average molecular weight is 558 g/mol. The first kappa shape index (κ1) is 28.7. The van der Waals surface area contributed by atoms with E-state index in [1.807, 2.05) is 20.8 Å². The first-order chi connectivity index (χ1) is 17.9. The first-order valence-electron chi connectivity index (χ1n) is 11.6. The van der Waals surface area contributed by atoms with Crippen LogP contribution >= 0.6 is 11.6 Å². The fourth-order valence-electron chi connectivity index (χ4n) is 3.17. The molecule has 200 valence electrons. The zero-order valence-corrected chi connectivity index (χ0v) is 22.9. The van der Waals surface area contributed by atoms with E-state index >= 15 is 0 Å². The standard InChI is InChI=1S/C26H28ClN5O5S/c1-16(2)29-13-17(3)15-37-22-12-19(38(4,35)36)8-9-20(22)25(33)31-21-6-5-11-28-24(21)26(34)32-23-10-7-18(27)14-30-23/h5-12,14,17H,13,15H2,1-4H3,(H,31,33)(H,30,32,34)/t17-/m1/s1. The van der Waals surface area contributed by atoms with Gasteiger partial charge in [0.1, 0.15) is 11.6 Å². The van der Waals surface area contributed by atoms with Crippen LogP contribution in [0.25, 0.3) is 0 Å². The van der Waals surface area contributed by atoms with E-state index in [1.54, 1.807) is 12.1 Å². The quantitative estimate of drug-likeness (QED) is 0.349. The third-order valence-corrected chi connectivity index (χ3v) is 6.44. The summed E-state index contributed by atoms with van der Waals surface area (Å²) in [6, 6.07) is 10.2. The van der Waals surface area contributed by atoms with Crippen LogP contribution < -0.4 is 15.4 Å². The molecule has 12 heteroatoms. The van der Waals surface area contributed by atoms with Gasteiger partial charge in [0.25, 0.3) is 11.8 Å². The van der Waals surface area contributed by atoms with Gasteiger partial charge < -0.3 is 15.4 Å². The third-order valence-electron chi connectivity index (χ3n) is 5.11. The van der Waals surface area contributed by atoms with Gasteiger partial charge in [0.2, 0.25) is 0 Å². The summed E-state index contributed by atoms with van der Waals surface area (Å²) in [4.78, 5) is 38.6. The molecule has 0 spiro atoms. The number of aromatic nitrogens is 2. The molecule has 0 aliphatic rings. The van der Waals surface area contributed by atoms with E-state index in [1.165, 1.54) is 42.7 Å². The smallest absolute Gasteiger partial charge is 0.277 e. The Bertz CT molecular complexity index is 1460. The largest absolute Gasteiger partial charge is 0.492 e. The Balaban J connectivity index is 1.85. The molecule has 1 aromatic carbocycles. The normalized spacial score (nSPS) is 11.8. The van der Waals surface area contributed by atoms with Crippen LogP contribution in [0.2, 0.25) is 5.02 Å². The Hall–Kier alpha value is -3.83. The Labute approximate surface area is 226 Å². The molecule has 38 heavy (non-hydrogen) atoms. The second-order valence-electron chi connectivity index (χ2n) is 8.80. The summed E-state index contributed by atoms with van der Waals surface area (Å²) in [5.74, 6) is -0.847. The van der Waals surface area contributed by atoms with Gasteiger partial charge in [-0.3, -0.25) is 14.6 Å². The number of amides is 2. The second kappa shape index (κ2) is 12.6. The summed E-state index contributed by atoms with van der Waals surface area (Å²) in [5.41, 5.74) is 1.12. The topological polar surface area (TPSA) is 140 Å². The van der Waals surface area contributed by atoms with E-state index in [2.05, 4.69) is 25.6 Å². The van der Waals surface area contributed by atoms with Crippen molar-refractivity contribution in [1.29, 1.82) is 0 Å². The maximum Gasteiger partial charge on any atom is 0.277 e. The molecule has 2 aromatic heterocycles. The number of carbonyl (C=O) groups excluding carboxylic acids is 2. The van der Waals surface area contributed by atoms with Crippen LogP contribution in [0.15, 0.2) is 64.7 Å². The van der Waals surface area contributed by atoms with Gasteiger partial charge in [0.05, 0.1) is 27.8 Å². The van der Waals surface area contributed by atoms with Crippen molar-refractivity contribution in [2.45, 2.75) is 25.7 Å². The minimum Gasteiger partial charge on any atom is -0.492 e. The molecular weight excluding hydrogens is 530 g/mol. The third kappa shape index (κ3) is 8.09. The lowest BCUT2D eigenvalue weighted by Gasteiger charge is -2.16. The molecule has 2 amide bonds. The number of ether oxygens (including phenoxy) is 1. The molecule has 0 fully saturated rings. The predicted molar refractivity (Wildman–Crippen MR) is 147 cm³/mol. The fourth-order valence-corrected chi connectivity index (χ4v) is 3.91. The van der Waals surface area contributed by atoms with E-state index < -0.39 is 21.7 Å². The van der Waals surface area contributed by atoms with Gasteiger partial charge in [0.15, 0.2) is 15.5 Å². The number of sulfone groups is 1. The van der Waals surface area contributed by atoms with Crippen molar-refractivity contribution in [3.05, 3.63) is 71.1 Å². The molecule has 3 rings (SSSR count). The number of rotatable bonds is 10. The average Bonchev–Trinajstić information content (AvgIpc) is 2.87. The van der Waals surface area contributed by atoms with Crippen molar-refractivity contribution in [3.8, 4) is 5.75 Å². The number of nitrogens with one attached hydrogen (secondary N) is 2. The van der Waals surface area contributed by atoms with Gasteiger partial charge in [-0.15, -0.1) is 0 Å². The Morgan fingerprint density at radius 3 is 2.50 bits per heavy atom. The van der Waals surface area contributed by atoms with Crippen molar-refractivity contribution in [2.75, 3.05) is 30.0 Å². The highest BCUT2D eigenvalue weighted by Crippen LogP contribution is 2.26. The molecule has 1 atom stereocenters. The lowest BCUT2D eigenvalue weighted by Crippen LogP contribution is -2.21. The van der Waals surface area contributed by atoms with E-state index in [0.29, 0.717) is 11.6 Å². The SMILES string of the molecule is CC(C)=NC[C@@H](C)COc1cc(S(C)(=O)=O)ccc1C(=O)Nc1cccnc1C(=O)Nc1ccc(Cl)cn1. The van der Waals surface area contributed by atoms with Crippen LogP contribution in [0, 0.1) is 5.92 Å². The predicted octanol–water partition coefficient (Wildman–Crippen LogP) is 4.53. The Morgan fingerprint density at radius 2 is 1.84 bits per heavy atom. The van der Waals surface area contributed by atoms with Crippen LogP contribution in [-0.4, -0.2) is 55.3 Å². The lowest BCUT2D eigenvalue weighted by molar-refractivity contribution is 0.102. The minimum atomic E-state index is -3.55. The minimum absolute atomic E-state index is 0.0102. The zero-order valence-electron chi connectivity index (χ0n) is 21.4. The molecule has 0 saturated carbocycles. The highest BCUT2D eigenvalue weighted by Gasteiger charge is 2.21. The lowest BCUT2D eigenvalue weighted by atomic mass is 10.1. The number of halogens is 1. The van der Waals surface area contributed by atoms with Crippen LogP contribution in [0.3, 0.4) is 0 Å². The van der Waals surface area contributed by atoms with Gasteiger partial charge in [-0.25, -0.2) is 18.4 Å². The van der Waals surface area contributed by atoms with Crippen molar-refractivity contribution in [3.63, 3.8) is 0 Å². The van der Waals surface area contributed by atoms with E-state index in [4.69, 9.17) is 16.3 Å². The van der Waals surface area contributed by atoms with E-state index in [0.717, 1.165) is 12.0 Å². The van der Waals surface area contributed by atoms with Gasteiger partial charge in [-0.2, -0.15) is 0 Å². The molecular formula is C26H28ClN5O5S. The molecule has 0 radical (unpaired) electrons. The maximum atomic E-state index is 13.3. The summed E-state index contributed by atoms with van der Waals surface area (Å²) in [7, 11) is -3.55. The summed E-state index contributed by atoms with van der Waals surface area (Å²) < 4.78 is 30.1. The van der Waals surface area contributed by atoms with E-state index in [-0.39, 0.29) is 45.9 Å². The number of hydrogen-bond acceptors (Lipinski definition) is 8. The van der Waals surface area contributed by atoms with E-state index in [9.17, 15) is 18.0 Å². The first-order valence-corrected chi connectivity index (χ1v) is 13.8. The van der Waals surface area contributed by atoms with Crippen molar-refractivity contribution >= 4 is 50.5 Å². The van der Waals surface area contributed by atoms with Crippen molar-refractivity contribution in [2.24, 2.45) is 10.9 Å². The highest BCUT2D eigenvalue weighted by atomic mass is 35.5. The van der Waals surface area contributed by atoms with Crippen LogP contribution in [0.1, 0.15) is 41.6 Å². The van der Waals surface area contributed by atoms with Crippen molar-refractivity contribution < 1.29 is 22.7 Å². The number of anilines is 2. The molecule has 0 bridgehead atoms. The van der Waals surface area contributed by atoms with Gasteiger partial charge >= 0.3 is 0 Å². The van der Waals surface area contributed by atoms with Crippen LogP contribution in [0.5, 0.6) is 5.75 Å². The highest BCUT2D eigenvalue weighted by molar-refractivity contribution is 7.90. The fraction of sp³-hybridized carbons (Fsp3) is 0.269. The summed E-state index contributed by atoms with van der Waals surface area (Å²) >= 11 is 5.84. The molecule has 0 saturated heterocycles. The molecule has 0 unspecified atom stereocenters. The Kier molecular flexibility index (Phi) is 9.54. The molecule has 0 aliphatic carbocycles. The van der Waals surface area contributed by atoms with Crippen molar-refractivity contribution in [1.82, 2.24) is 9.97 Å². The number of aliphatic imine (C=N–C) groups is 1. The summed E-state index contributed by atoms with van der Waals surface area (Å²) in [6.45, 7) is 6.45. The van der Waals surface area contributed by atoms with Crippen LogP contribution in [-0.2, 0) is 9.84 Å². The number of pyridine rings is 2. The number of nitrogens with zero attached hydrogens (tertiary/aromatic N) is 3. The molecule has 3 aromatic rings. The van der Waals surface area contributed by atoms with Gasteiger partial charge in [-0.05, 0) is 56.3 Å². The molecule has 0 aliphatic heterocycles. The monoisotopic (exact) mass is 557 g/mol. The Morgan fingerprint density at radius 1 is 1.08 bits per heavy atom. The number of hydrogen-bond donors (Lipinski definition) is 2. The number of benzene rings is 1. The van der Waals surface area contributed by atoms with Crippen LogP contribution in [0.4, 0.5) is 11.5 Å². The summed E-state index contributed by atoms with van der Waals surface area (Å²) in [6.07, 6.45) is 3.87. The number of carbonyl (C=O) groups is 2. The molecule has 2 heterocycles. The molecule has 2 N–H and O–H groups in total. The molecule has 10 nitrogen and oxygen atoms in total. The van der Waals surface area contributed by atoms with Gasteiger partial charge in [0, 0.05) is 36.8 Å².